The number of likely N-dealkylation sites (tertiary alicyclic amines) is 1. The molecule has 6 heteroatoms. The summed E-state index contributed by atoms with van der Waals surface area (Å²) in [4.78, 5) is 42.6. The van der Waals surface area contributed by atoms with E-state index in [1.807, 2.05) is 41.0 Å². The molecule has 2 fully saturated rings. The van der Waals surface area contributed by atoms with Crippen LogP contribution in [0.2, 0.25) is 0 Å². The first-order valence-corrected chi connectivity index (χ1v) is 10.0. The van der Waals surface area contributed by atoms with Crippen LogP contribution in [-0.4, -0.2) is 71.7 Å². The number of rotatable bonds is 4. The van der Waals surface area contributed by atoms with Crippen LogP contribution in [0.4, 0.5) is 0 Å². The van der Waals surface area contributed by atoms with Gasteiger partial charge >= 0.3 is 0 Å². The number of amides is 3. The van der Waals surface area contributed by atoms with E-state index in [0.29, 0.717) is 58.5 Å². The number of carbonyl (C=O) groups excluding carboxylic acids is 3. The molecule has 0 radical (unpaired) electrons. The van der Waals surface area contributed by atoms with Gasteiger partial charge in [0.1, 0.15) is 0 Å². The average molecular weight is 383 g/mol. The summed E-state index contributed by atoms with van der Waals surface area (Å²) in [5, 5.41) is 0. The van der Waals surface area contributed by atoms with Crippen LogP contribution in [-0.2, 0) is 20.8 Å². The van der Waals surface area contributed by atoms with Crippen LogP contribution in [0, 0.1) is 12.8 Å². The summed E-state index contributed by atoms with van der Waals surface area (Å²) in [7, 11) is 0. The molecule has 0 saturated carbocycles. The largest absolute Gasteiger partial charge is 0.339 e. The highest BCUT2D eigenvalue weighted by atomic mass is 16.2. The van der Waals surface area contributed by atoms with Crippen molar-refractivity contribution in [2.75, 3.05) is 39.3 Å². The van der Waals surface area contributed by atoms with Crippen molar-refractivity contribution in [1.82, 2.24) is 14.7 Å². The minimum Gasteiger partial charge on any atom is -0.339 e. The molecule has 3 rings (SSSR count). The monoisotopic (exact) mass is 383 g/mol. The van der Waals surface area contributed by atoms with Crippen LogP contribution in [0.3, 0.4) is 0 Å². The second kappa shape index (κ2) is 9.04. The van der Waals surface area contributed by atoms with Gasteiger partial charge in [0.25, 0.3) is 0 Å². The maximum Gasteiger partial charge on any atom is 0.245 e. The van der Waals surface area contributed by atoms with E-state index >= 15 is 0 Å². The van der Waals surface area contributed by atoms with Gasteiger partial charge in [0.15, 0.2) is 0 Å². The smallest absolute Gasteiger partial charge is 0.245 e. The Morgan fingerprint density at radius 1 is 0.964 bits per heavy atom. The molecule has 0 spiro atoms. The molecule has 1 aromatic carbocycles. The Hall–Kier alpha value is -2.63. The van der Waals surface area contributed by atoms with Gasteiger partial charge < -0.3 is 14.7 Å². The number of piperazine rings is 1. The fraction of sp³-hybridized carbons (Fsp3) is 0.500. The van der Waals surface area contributed by atoms with E-state index in [1.165, 1.54) is 6.08 Å². The molecule has 0 atom stereocenters. The normalized spacial score (nSPS) is 18.1. The van der Waals surface area contributed by atoms with E-state index in [2.05, 4.69) is 6.58 Å². The van der Waals surface area contributed by atoms with E-state index < -0.39 is 0 Å². The van der Waals surface area contributed by atoms with E-state index in [-0.39, 0.29) is 23.6 Å². The Morgan fingerprint density at radius 2 is 1.57 bits per heavy atom. The van der Waals surface area contributed by atoms with Gasteiger partial charge in [0, 0.05) is 45.2 Å². The molecule has 0 aromatic heterocycles. The van der Waals surface area contributed by atoms with Crippen molar-refractivity contribution in [2.45, 2.75) is 26.2 Å². The molecule has 150 valence electrons. The lowest BCUT2D eigenvalue weighted by Crippen LogP contribution is -2.53. The zero-order chi connectivity index (χ0) is 20.1. The quantitative estimate of drug-likeness (QED) is 0.743. The zero-order valence-electron chi connectivity index (χ0n) is 16.6. The molecule has 0 unspecified atom stereocenters. The lowest BCUT2D eigenvalue weighted by Gasteiger charge is -2.38. The summed E-state index contributed by atoms with van der Waals surface area (Å²) in [5.74, 6) is 0.198. The number of carbonyl (C=O) groups is 3. The van der Waals surface area contributed by atoms with E-state index in [4.69, 9.17) is 0 Å². The van der Waals surface area contributed by atoms with E-state index in [0.717, 1.165) is 11.1 Å². The second-order valence-electron chi connectivity index (χ2n) is 7.61. The third-order valence-corrected chi connectivity index (χ3v) is 5.88. The molecule has 2 aliphatic heterocycles. The maximum absolute atomic E-state index is 12.8. The molecule has 0 N–H and O–H groups in total. The molecule has 2 heterocycles. The number of hydrogen-bond acceptors (Lipinski definition) is 3. The zero-order valence-corrected chi connectivity index (χ0v) is 16.6. The Labute approximate surface area is 166 Å². The van der Waals surface area contributed by atoms with Crippen LogP contribution in [0.25, 0.3) is 0 Å². The molecular formula is C22H29N3O3. The molecular weight excluding hydrogens is 354 g/mol. The Bertz CT molecular complexity index is 745. The molecule has 2 saturated heterocycles. The van der Waals surface area contributed by atoms with Crippen molar-refractivity contribution in [3.8, 4) is 0 Å². The standard InChI is InChI=1S/C22H29N3O3/c1-3-20(26)23-10-8-18(9-11-23)22(28)25-14-12-24(13-15-25)21(27)16-19-7-5-4-6-17(19)2/h3-7,18H,1,8-16H2,2H3. The van der Waals surface area contributed by atoms with Crippen molar-refractivity contribution in [3.05, 3.63) is 48.0 Å². The van der Waals surface area contributed by atoms with Gasteiger partial charge in [-0.25, -0.2) is 0 Å². The molecule has 6 nitrogen and oxygen atoms in total. The minimum absolute atomic E-state index is 0.0249. The minimum atomic E-state index is -0.0633. The van der Waals surface area contributed by atoms with Gasteiger partial charge in [-0.3, -0.25) is 14.4 Å². The molecule has 28 heavy (non-hydrogen) atoms. The number of piperidine rings is 1. The lowest BCUT2D eigenvalue weighted by atomic mass is 9.95. The summed E-state index contributed by atoms with van der Waals surface area (Å²) < 4.78 is 0. The second-order valence-corrected chi connectivity index (χ2v) is 7.61. The predicted octanol–water partition coefficient (Wildman–Crippen LogP) is 1.63. The van der Waals surface area contributed by atoms with Gasteiger partial charge in [0.05, 0.1) is 6.42 Å². The number of nitrogens with zero attached hydrogens (tertiary/aromatic N) is 3. The third kappa shape index (κ3) is 4.61. The van der Waals surface area contributed by atoms with Crippen molar-refractivity contribution < 1.29 is 14.4 Å². The third-order valence-electron chi connectivity index (χ3n) is 5.88. The molecule has 3 amide bonds. The first kappa shape index (κ1) is 20.1. The van der Waals surface area contributed by atoms with Crippen LogP contribution in [0.5, 0.6) is 0 Å². The fourth-order valence-electron chi connectivity index (χ4n) is 3.99. The summed E-state index contributed by atoms with van der Waals surface area (Å²) in [5.41, 5.74) is 2.19. The highest BCUT2D eigenvalue weighted by Gasteiger charge is 2.32. The number of benzene rings is 1. The molecule has 2 aliphatic rings. The Balaban J connectivity index is 1.46. The number of aryl methyl sites for hydroxylation is 1. The van der Waals surface area contributed by atoms with Gasteiger partial charge in [-0.05, 0) is 37.0 Å². The van der Waals surface area contributed by atoms with Crippen LogP contribution >= 0.6 is 0 Å². The molecule has 1 aromatic rings. The SMILES string of the molecule is C=CC(=O)N1CCC(C(=O)N2CCN(C(=O)Cc3ccccc3C)CC2)CC1. The summed E-state index contributed by atoms with van der Waals surface area (Å²) in [6.07, 6.45) is 3.14. The van der Waals surface area contributed by atoms with Crippen molar-refractivity contribution in [2.24, 2.45) is 5.92 Å². The Morgan fingerprint density at radius 3 is 2.18 bits per heavy atom. The summed E-state index contributed by atoms with van der Waals surface area (Å²) in [6, 6.07) is 7.95. The maximum atomic E-state index is 12.8. The van der Waals surface area contributed by atoms with Gasteiger partial charge in [-0.1, -0.05) is 30.8 Å². The highest BCUT2D eigenvalue weighted by molar-refractivity contribution is 5.87. The average Bonchev–Trinajstić information content (AvgIpc) is 2.74. The van der Waals surface area contributed by atoms with Crippen LogP contribution < -0.4 is 0 Å². The predicted molar refractivity (Wildman–Crippen MR) is 108 cm³/mol. The lowest BCUT2D eigenvalue weighted by molar-refractivity contribution is -0.143. The number of hydrogen-bond donors (Lipinski definition) is 0. The first-order valence-electron chi connectivity index (χ1n) is 10.0. The highest BCUT2D eigenvalue weighted by Crippen LogP contribution is 2.21. The fourth-order valence-corrected chi connectivity index (χ4v) is 3.99. The van der Waals surface area contributed by atoms with Crippen molar-refractivity contribution in [1.29, 1.82) is 0 Å². The topological polar surface area (TPSA) is 60.9 Å². The van der Waals surface area contributed by atoms with Gasteiger partial charge in [-0.15, -0.1) is 0 Å². The molecule has 0 aliphatic carbocycles. The van der Waals surface area contributed by atoms with Gasteiger partial charge in [0.2, 0.25) is 17.7 Å². The van der Waals surface area contributed by atoms with Gasteiger partial charge in [-0.2, -0.15) is 0 Å². The van der Waals surface area contributed by atoms with Crippen LogP contribution in [0.1, 0.15) is 24.0 Å². The summed E-state index contributed by atoms with van der Waals surface area (Å²) >= 11 is 0. The van der Waals surface area contributed by atoms with E-state index in [9.17, 15) is 14.4 Å². The van der Waals surface area contributed by atoms with E-state index in [1.54, 1.807) is 4.90 Å². The first-order chi connectivity index (χ1) is 13.5. The Kier molecular flexibility index (Phi) is 6.49. The molecule has 0 bridgehead atoms. The van der Waals surface area contributed by atoms with Crippen molar-refractivity contribution in [3.63, 3.8) is 0 Å². The summed E-state index contributed by atoms with van der Waals surface area (Å²) in [6.45, 7) is 9.10. The van der Waals surface area contributed by atoms with Crippen LogP contribution in [0.15, 0.2) is 36.9 Å². The van der Waals surface area contributed by atoms with Crippen molar-refractivity contribution >= 4 is 17.7 Å².